The lowest BCUT2D eigenvalue weighted by atomic mass is 10.0. The molecular weight excluding hydrogens is 288 g/mol. The van der Waals surface area contributed by atoms with Crippen LogP contribution >= 0.6 is 0 Å². The van der Waals surface area contributed by atoms with E-state index in [-0.39, 0.29) is 11.8 Å². The lowest BCUT2D eigenvalue weighted by molar-refractivity contribution is -0.127. The molecule has 0 unspecified atom stereocenters. The quantitative estimate of drug-likeness (QED) is 0.861. The highest BCUT2D eigenvalue weighted by Gasteiger charge is 2.12. The van der Waals surface area contributed by atoms with Crippen LogP contribution in [-0.4, -0.2) is 24.4 Å². The van der Waals surface area contributed by atoms with Gasteiger partial charge in [0.2, 0.25) is 11.8 Å². The maximum absolute atomic E-state index is 11.8. The minimum atomic E-state index is -0.511. The molecule has 2 rings (SSSR count). The van der Waals surface area contributed by atoms with Gasteiger partial charge < -0.3 is 10.6 Å². The van der Waals surface area contributed by atoms with Crippen molar-refractivity contribution < 1.29 is 9.59 Å². The van der Waals surface area contributed by atoms with E-state index in [1.54, 1.807) is 6.92 Å². The Hall–Kier alpha value is -2.62. The average molecular weight is 310 g/mol. The molecule has 0 fully saturated rings. The third-order valence-corrected chi connectivity index (χ3v) is 3.56. The van der Waals surface area contributed by atoms with Gasteiger partial charge in [-0.2, -0.15) is 0 Å². The van der Waals surface area contributed by atoms with E-state index in [0.717, 1.165) is 6.42 Å². The molecule has 0 saturated heterocycles. The monoisotopic (exact) mass is 310 g/mol. The fraction of sp³-hybridized carbons (Fsp3) is 0.263. The zero-order valence-corrected chi connectivity index (χ0v) is 13.5. The standard InChI is InChI=1S/C19H22N2O2/c1-14(21-15(2)22)19(23)20-12-11-16-7-6-10-18(13-16)17-8-4-3-5-9-17/h3-10,13-14H,11-12H2,1-2H3,(H,20,23)(H,21,22)/t14-/m1/s1. The molecule has 0 aliphatic rings. The van der Waals surface area contributed by atoms with Gasteiger partial charge in [-0.15, -0.1) is 0 Å². The normalized spacial score (nSPS) is 11.6. The Kier molecular flexibility index (Phi) is 5.92. The summed E-state index contributed by atoms with van der Waals surface area (Å²) in [7, 11) is 0. The summed E-state index contributed by atoms with van der Waals surface area (Å²) < 4.78 is 0. The predicted molar refractivity (Wildman–Crippen MR) is 91.9 cm³/mol. The third-order valence-electron chi connectivity index (χ3n) is 3.56. The van der Waals surface area contributed by atoms with Crippen molar-refractivity contribution in [2.45, 2.75) is 26.3 Å². The van der Waals surface area contributed by atoms with Gasteiger partial charge in [-0.3, -0.25) is 9.59 Å². The van der Waals surface area contributed by atoms with Gasteiger partial charge in [0.15, 0.2) is 0 Å². The highest BCUT2D eigenvalue weighted by molar-refractivity contribution is 5.86. The largest absolute Gasteiger partial charge is 0.354 e. The smallest absolute Gasteiger partial charge is 0.242 e. The van der Waals surface area contributed by atoms with Crippen molar-refractivity contribution in [3.63, 3.8) is 0 Å². The van der Waals surface area contributed by atoms with E-state index >= 15 is 0 Å². The van der Waals surface area contributed by atoms with Gasteiger partial charge >= 0.3 is 0 Å². The number of benzene rings is 2. The van der Waals surface area contributed by atoms with Gasteiger partial charge in [-0.05, 0) is 30.0 Å². The average Bonchev–Trinajstić information content (AvgIpc) is 2.55. The summed E-state index contributed by atoms with van der Waals surface area (Å²) in [5.41, 5.74) is 3.51. The number of hydrogen-bond donors (Lipinski definition) is 2. The van der Waals surface area contributed by atoms with Crippen molar-refractivity contribution in [2.75, 3.05) is 6.54 Å². The highest BCUT2D eigenvalue weighted by Crippen LogP contribution is 2.20. The SMILES string of the molecule is CC(=O)N[C@H](C)C(=O)NCCc1cccc(-c2ccccc2)c1. The Morgan fingerprint density at radius 3 is 2.39 bits per heavy atom. The molecule has 0 heterocycles. The topological polar surface area (TPSA) is 58.2 Å². The first-order valence-corrected chi connectivity index (χ1v) is 7.75. The lowest BCUT2D eigenvalue weighted by Crippen LogP contribution is -2.44. The van der Waals surface area contributed by atoms with Crippen molar-refractivity contribution in [1.82, 2.24) is 10.6 Å². The van der Waals surface area contributed by atoms with E-state index in [9.17, 15) is 9.59 Å². The van der Waals surface area contributed by atoms with E-state index in [0.29, 0.717) is 6.54 Å². The zero-order valence-electron chi connectivity index (χ0n) is 13.5. The Morgan fingerprint density at radius 1 is 1.00 bits per heavy atom. The first-order valence-electron chi connectivity index (χ1n) is 7.75. The number of nitrogens with one attached hydrogen (secondary N) is 2. The number of amides is 2. The molecule has 2 amide bonds. The second-order valence-electron chi connectivity index (χ2n) is 5.53. The minimum absolute atomic E-state index is 0.167. The van der Waals surface area contributed by atoms with Crippen LogP contribution in [0.5, 0.6) is 0 Å². The van der Waals surface area contributed by atoms with Gasteiger partial charge in [0.1, 0.15) is 6.04 Å². The molecule has 0 radical (unpaired) electrons. The van der Waals surface area contributed by atoms with Gasteiger partial charge in [0.05, 0.1) is 0 Å². The summed E-state index contributed by atoms with van der Waals surface area (Å²) in [5.74, 6) is -0.373. The molecule has 23 heavy (non-hydrogen) atoms. The van der Waals surface area contributed by atoms with Crippen LogP contribution in [0.2, 0.25) is 0 Å². The fourth-order valence-corrected chi connectivity index (χ4v) is 2.39. The Morgan fingerprint density at radius 2 is 1.70 bits per heavy atom. The summed E-state index contributed by atoms with van der Waals surface area (Å²) in [5, 5.41) is 5.41. The first kappa shape index (κ1) is 16.7. The zero-order chi connectivity index (χ0) is 16.7. The number of hydrogen-bond acceptors (Lipinski definition) is 2. The maximum atomic E-state index is 11.8. The van der Waals surface area contributed by atoms with Gasteiger partial charge in [-0.25, -0.2) is 0 Å². The van der Waals surface area contributed by atoms with Crippen molar-refractivity contribution >= 4 is 11.8 Å². The molecule has 0 saturated carbocycles. The molecule has 0 spiro atoms. The minimum Gasteiger partial charge on any atom is -0.354 e. The van der Waals surface area contributed by atoms with Crippen LogP contribution < -0.4 is 10.6 Å². The summed E-state index contributed by atoms with van der Waals surface area (Å²) in [6.45, 7) is 3.62. The summed E-state index contributed by atoms with van der Waals surface area (Å²) >= 11 is 0. The molecule has 0 bridgehead atoms. The Balaban J connectivity index is 1.89. The molecule has 1 atom stereocenters. The van der Waals surface area contributed by atoms with E-state index < -0.39 is 6.04 Å². The second-order valence-corrected chi connectivity index (χ2v) is 5.53. The molecule has 120 valence electrons. The molecule has 4 nitrogen and oxygen atoms in total. The number of rotatable bonds is 6. The molecule has 0 aliphatic carbocycles. The van der Waals surface area contributed by atoms with Gasteiger partial charge in [-0.1, -0.05) is 54.6 Å². The van der Waals surface area contributed by atoms with Crippen LogP contribution in [0, 0.1) is 0 Å². The highest BCUT2D eigenvalue weighted by atomic mass is 16.2. The van der Waals surface area contributed by atoms with Crippen LogP contribution in [-0.2, 0) is 16.0 Å². The summed E-state index contributed by atoms with van der Waals surface area (Å²) in [6, 6.07) is 18.0. The Bertz CT molecular complexity index is 668. The van der Waals surface area contributed by atoms with Crippen LogP contribution in [0.3, 0.4) is 0 Å². The summed E-state index contributed by atoms with van der Waals surface area (Å²) in [4.78, 5) is 22.8. The Labute approximate surface area is 136 Å². The van der Waals surface area contributed by atoms with E-state index in [4.69, 9.17) is 0 Å². The van der Waals surface area contributed by atoms with Crippen molar-refractivity contribution in [1.29, 1.82) is 0 Å². The van der Waals surface area contributed by atoms with Crippen molar-refractivity contribution in [3.8, 4) is 11.1 Å². The molecule has 2 aromatic rings. The first-order chi connectivity index (χ1) is 11.1. The molecule has 4 heteroatoms. The molecular formula is C19H22N2O2. The van der Waals surface area contributed by atoms with Gasteiger partial charge in [0, 0.05) is 13.5 Å². The molecule has 2 N–H and O–H groups in total. The molecule has 0 aromatic heterocycles. The van der Waals surface area contributed by atoms with E-state index in [1.165, 1.54) is 23.6 Å². The van der Waals surface area contributed by atoms with Gasteiger partial charge in [0.25, 0.3) is 0 Å². The fourth-order valence-electron chi connectivity index (χ4n) is 2.39. The van der Waals surface area contributed by atoms with Crippen LogP contribution in [0.1, 0.15) is 19.4 Å². The van der Waals surface area contributed by atoms with Crippen molar-refractivity contribution in [3.05, 3.63) is 60.2 Å². The van der Waals surface area contributed by atoms with Crippen LogP contribution in [0.4, 0.5) is 0 Å². The molecule has 0 aliphatic heterocycles. The molecule has 2 aromatic carbocycles. The second kappa shape index (κ2) is 8.13. The van der Waals surface area contributed by atoms with E-state index in [1.807, 2.05) is 24.3 Å². The van der Waals surface area contributed by atoms with E-state index in [2.05, 4.69) is 41.0 Å². The number of carbonyl (C=O) groups excluding carboxylic acids is 2. The van der Waals surface area contributed by atoms with Crippen LogP contribution in [0.25, 0.3) is 11.1 Å². The van der Waals surface area contributed by atoms with Crippen LogP contribution in [0.15, 0.2) is 54.6 Å². The number of carbonyl (C=O) groups is 2. The maximum Gasteiger partial charge on any atom is 0.242 e. The van der Waals surface area contributed by atoms with Crippen molar-refractivity contribution in [2.24, 2.45) is 0 Å². The lowest BCUT2D eigenvalue weighted by Gasteiger charge is -2.13. The predicted octanol–water partition coefficient (Wildman–Crippen LogP) is 2.54. The summed E-state index contributed by atoms with van der Waals surface area (Å²) in [6.07, 6.45) is 0.749. The third kappa shape index (κ3) is 5.25.